The minimum Gasteiger partial charge on any atom is -0.391 e. The number of allylic oxidation sites excluding steroid dienone is 6. The summed E-state index contributed by atoms with van der Waals surface area (Å²) in [6, 6.07) is 1.42. The SMILES string of the molecule is C=C\C=C(C)/C(=C\CNC(=C)c1cncc(F)c1)C(=C\CN(C)C)/C=C/NCCCC. The average molecular weight is 425 g/mol. The molecule has 1 aromatic heterocycles. The largest absolute Gasteiger partial charge is 0.391 e. The van der Waals surface area contributed by atoms with Crippen LogP contribution in [0.1, 0.15) is 32.3 Å². The molecule has 0 aromatic carbocycles. The molecular formula is C26H37FN4. The Kier molecular flexibility index (Phi) is 12.6. The number of nitrogens with zero attached hydrogens (tertiary/aromatic N) is 2. The summed E-state index contributed by atoms with van der Waals surface area (Å²) >= 11 is 0. The number of pyridine rings is 1. The van der Waals surface area contributed by atoms with Crippen LogP contribution in [0, 0.1) is 5.82 Å². The smallest absolute Gasteiger partial charge is 0.142 e. The van der Waals surface area contributed by atoms with Gasteiger partial charge in [-0.1, -0.05) is 50.8 Å². The first-order valence-electron chi connectivity index (χ1n) is 10.7. The number of halogens is 1. The summed E-state index contributed by atoms with van der Waals surface area (Å²) < 4.78 is 13.4. The molecule has 0 saturated carbocycles. The molecule has 0 spiro atoms. The summed E-state index contributed by atoms with van der Waals surface area (Å²) in [5.41, 5.74) is 4.60. The highest BCUT2D eigenvalue weighted by molar-refractivity contribution is 5.61. The van der Waals surface area contributed by atoms with Crippen molar-refractivity contribution in [3.8, 4) is 0 Å². The molecule has 1 aromatic rings. The van der Waals surface area contributed by atoms with Gasteiger partial charge < -0.3 is 15.5 Å². The predicted molar refractivity (Wildman–Crippen MR) is 132 cm³/mol. The number of aromatic nitrogens is 1. The molecule has 5 heteroatoms. The second-order valence-corrected chi connectivity index (χ2v) is 7.52. The Bertz CT molecular complexity index is 832. The lowest BCUT2D eigenvalue weighted by atomic mass is 9.97. The van der Waals surface area contributed by atoms with Crippen LogP contribution in [-0.2, 0) is 0 Å². The monoisotopic (exact) mass is 424 g/mol. The summed E-state index contributed by atoms with van der Waals surface area (Å²) in [5, 5.41) is 6.61. The second kappa shape index (κ2) is 15.0. The number of unbranched alkanes of at least 4 members (excludes halogenated alkanes) is 1. The minimum absolute atomic E-state index is 0.379. The lowest BCUT2D eigenvalue weighted by Crippen LogP contribution is -2.14. The van der Waals surface area contributed by atoms with Crippen LogP contribution in [0.15, 0.2) is 84.9 Å². The summed E-state index contributed by atoms with van der Waals surface area (Å²) in [6.07, 6.45) is 17.3. The van der Waals surface area contributed by atoms with Crippen molar-refractivity contribution in [3.63, 3.8) is 0 Å². The average Bonchev–Trinajstić information content (AvgIpc) is 2.73. The predicted octanol–water partition coefficient (Wildman–Crippen LogP) is 5.23. The van der Waals surface area contributed by atoms with E-state index in [0.717, 1.165) is 42.7 Å². The van der Waals surface area contributed by atoms with E-state index in [9.17, 15) is 4.39 Å². The van der Waals surface area contributed by atoms with Gasteiger partial charge in [0.1, 0.15) is 5.82 Å². The van der Waals surface area contributed by atoms with Gasteiger partial charge in [0, 0.05) is 37.1 Å². The van der Waals surface area contributed by atoms with Crippen LogP contribution >= 0.6 is 0 Å². The van der Waals surface area contributed by atoms with Crippen LogP contribution in [0.5, 0.6) is 0 Å². The second-order valence-electron chi connectivity index (χ2n) is 7.52. The third-order valence-corrected chi connectivity index (χ3v) is 4.51. The van der Waals surface area contributed by atoms with E-state index >= 15 is 0 Å². The van der Waals surface area contributed by atoms with E-state index in [1.807, 2.05) is 26.4 Å². The van der Waals surface area contributed by atoms with E-state index in [-0.39, 0.29) is 5.82 Å². The van der Waals surface area contributed by atoms with Gasteiger partial charge in [-0.25, -0.2) is 4.39 Å². The van der Waals surface area contributed by atoms with E-state index in [1.54, 1.807) is 12.3 Å². The molecule has 0 bridgehead atoms. The molecule has 0 aliphatic rings. The fourth-order valence-corrected chi connectivity index (χ4v) is 2.79. The Morgan fingerprint density at radius 2 is 2.03 bits per heavy atom. The van der Waals surface area contributed by atoms with Gasteiger partial charge in [-0.15, -0.1) is 0 Å². The van der Waals surface area contributed by atoms with Gasteiger partial charge in [-0.05, 0) is 62.5 Å². The van der Waals surface area contributed by atoms with Crippen LogP contribution in [0.4, 0.5) is 4.39 Å². The van der Waals surface area contributed by atoms with Crippen molar-refractivity contribution < 1.29 is 4.39 Å². The maximum Gasteiger partial charge on any atom is 0.142 e. The van der Waals surface area contributed by atoms with Crippen LogP contribution in [-0.4, -0.2) is 43.6 Å². The quantitative estimate of drug-likeness (QED) is 0.317. The number of likely N-dealkylation sites (N-methyl/N-ethyl adjacent to an activating group) is 1. The summed E-state index contributed by atoms with van der Waals surface area (Å²) in [4.78, 5) is 6.01. The Hall–Kier alpha value is -2.92. The third-order valence-electron chi connectivity index (χ3n) is 4.51. The highest BCUT2D eigenvalue weighted by atomic mass is 19.1. The van der Waals surface area contributed by atoms with Crippen molar-refractivity contribution in [1.29, 1.82) is 0 Å². The van der Waals surface area contributed by atoms with Crippen LogP contribution in [0.25, 0.3) is 5.70 Å². The van der Waals surface area contributed by atoms with Gasteiger partial charge in [0.15, 0.2) is 0 Å². The maximum absolute atomic E-state index is 13.4. The molecule has 0 radical (unpaired) electrons. The molecule has 2 N–H and O–H groups in total. The first-order valence-corrected chi connectivity index (χ1v) is 10.7. The number of nitrogens with one attached hydrogen (secondary N) is 2. The molecule has 0 atom stereocenters. The van der Waals surface area contributed by atoms with Crippen LogP contribution in [0.2, 0.25) is 0 Å². The van der Waals surface area contributed by atoms with Gasteiger partial charge in [0.2, 0.25) is 0 Å². The molecule has 0 aliphatic heterocycles. The van der Waals surface area contributed by atoms with Gasteiger partial charge >= 0.3 is 0 Å². The van der Waals surface area contributed by atoms with Gasteiger partial charge in [-0.2, -0.15) is 0 Å². The molecule has 4 nitrogen and oxygen atoms in total. The maximum atomic E-state index is 13.4. The molecule has 0 amide bonds. The summed E-state index contributed by atoms with van der Waals surface area (Å²) in [7, 11) is 4.09. The normalized spacial score (nSPS) is 13.0. The number of rotatable bonds is 14. The van der Waals surface area contributed by atoms with Crippen LogP contribution in [0.3, 0.4) is 0 Å². The minimum atomic E-state index is -0.379. The van der Waals surface area contributed by atoms with E-state index in [2.05, 4.69) is 65.8 Å². The fraction of sp³-hybridized carbons (Fsp3) is 0.346. The van der Waals surface area contributed by atoms with E-state index in [1.165, 1.54) is 12.3 Å². The highest BCUT2D eigenvalue weighted by Crippen LogP contribution is 2.21. The number of hydrogen-bond donors (Lipinski definition) is 2. The molecule has 31 heavy (non-hydrogen) atoms. The lowest BCUT2D eigenvalue weighted by Gasteiger charge is -2.14. The molecule has 0 saturated heterocycles. The van der Waals surface area contributed by atoms with Crippen molar-refractivity contribution in [2.24, 2.45) is 0 Å². The molecule has 0 aliphatic carbocycles. The first kappa shape index (κ1) is 26.1. The zero-order valence-corrected chi connectivity index (χ0v) is 19.4. The third kappa shape index (κ3) is 10.6. The van der Waals surface area contributed by atoms with Crippen molar-refractivity contribution >= 4 is 5.70 Å². The Labute approximate surface area is 187 Å². The lowest BCUT2D eigenvalue weighted by molar-refractivity contribution is 0.456. The van der Waals surface area contributed by atoms with Crippen molar-refractivity contribution in [2.45, 2.75) is 26.7 Å². The van der Waals surface area contributed by atoms with Crippen molar-refractivity contribution in [1.82, 2.24) is 20.5 Å². The molecule has 0 unspecified atom stereocenters. The van der Waals surface area contributed by atoms with Crippen molar-refractivity contribution in [2.75, 3.05) is 33.7 Å². The van der Waals surface area contributed by atoms with E-state index in [0.29, 0.717) is 17.8 Å². The molecule has 0 fully saturated rings. The van der Waals surface area contributed by atoms with Gasteiger partial charge in [-0.3, -0.25) is 4.98 Å². The molecule has 1 rings (SSSR count). The van der Waals surface area contributed by atoms with Crippen molar-refractivity contribution in [3.05, 3.63) is 96.3 Å². The van der Waals surface area contributed by atoms with E-state index in [4.69, 9.17) is 0 Å². The Balaban J connectivity index is 3.07. The fourth-order valence-electron chi connectivity index (χ4n) is 2.79. The van der Waals surface area contributed by atoms with Gasteiger partial charge in [0.25, 0.3) is 0 Å². The number of hydrogen-bond acceptors (Lipinski definition) is 4. The Morgan fingerprint density at radius 1 is 1.26 bits per heavy atom. The standard InChI is InChI=1S/C26H37FN4/c1-7-9-14-28-15-11-23(13-17-31(5)6)26(21(3)10-8-2)12-16-30-22(4)24-18-25(27)20-29-19-24/h8,10-13,15,18-20,28,30H,2,4,7,9,14,16-17H2,1,3,5-6H3/b15-11+,21-10-,23-13-,26-12+. The van der Waals surface area contributed by atoms with E-state index < -0.39 is 0 Å². The zero-order chi connectivity index (χ0) is 23.1. The summed E-state index contributed by atoms with van der Waals surface area (Å²) in [5.74, 6) is -0.379. The first-order chi connectivity index (χ1) is 14.9. The highest BCUT2D eigenvalue weighted by Gasteiger charge is 2.06. The Morgan fingerprint density at radius 3 is 2.68 bits per heavy atom. The molecular weight excluding hydrogens is 387 g/mol. The van der Waals surface area contributed by atoms with Crippen LogP contribution < -0.4 is 10.6 Å². The zero-order valence-electron chi connectivity index (χ0n) is 19.4. The molecule has 168 valence electrons. The van der Waals surface area contributed by atoms with Gasteiger partial charge in [0.05, 0.1) is 6.20 Å². The summed E-state index contributed by atoms with van der Waals surface area (Å²) in [6.45, 7) is 14.4. The molecule has 1 heterocycles. The topological polar surface area (TPSA) is 40.2 Å².